The summed E-state index contributed by atoms with van der Waals surface area (Å²) in [6.45, 7) is 3.78. The van der Waals surface area contributed by atoms with Crippen molar-refractivity contribution in [2.24, 2.45) is 0 Å². The summed E-state index contributed by atoms with van der Waals surface area (Å²) in [5.74, 6) is -1.75. The maximum atomic E-state index is 9.67. The van der Waals surface area contributed by atoms with E-state index >= 15 is 0 Å². The Hall–Kier alpha value is -0.957. The number of hydrogen-bond donors (Lipinski definition) is 2. The summed E-state index contributed by atoms with van der Waals surface area (Å²) in [6.07, 6.45) is 7.04. The van der Waals surface area contributed by atoms with Gasteiger partial charge in [0.1, 0.15) is 0 Å². The molecule has 4 nitrogen and oxygen atoms in total. The number of rotatable bonds is 4. The van der Waals surface area contributed by atoms with Gasteiger partial charge in [-0.2, -0.15) is 0 Å². The molecule has 0 aromatic carbocycles. The molecule has 15 heavy (non-hydrogen) atoms. The molecule has 0 aliphatic rings. The van der Waals surface area contributed by atoms with Gasteiger partial charge in [-0.15, -0.1) is 0 Å². The van der Waals surface area contributed by atoms with Crippen LogP contribution in [0.25, 0.3) is 0 Å². The van der Waals surface area contributed by atoms with Gasteiger partial charge in [0.05, 0.1) is 0 Å². The van der Waals surface area contributed by atoms with Crippen molar-refractivity contribution in [3.63, 3.8) is 0 Å². The van der Waals surface area contributed by atoms with Gasteiger partial charge in [-0.25, -0.2) is 9.59 Å². The zero-order valence-corrected chi connectivity index (χ0v) is 12.1. The summed E-state index contributed by atoms with van der Waals surface area (Å²) in [5, 5.41) is 15.9. The van der Waals surface area contributed by atoms with Crippen LogP contribution in [0.1, 0.15) is 26.7 Å². The number of allylic oxidation sites excluding steroid dienone is 2. The van der Waals surface area contributed by atoms with E-state index in [1.807, 2.05) is 13.8 Å². The molecule has 0 heterocycles. The summed E-state index contributed by atoms with van der Waals surface area (Å²) < 4.78 is 0. The van der Waals surface area contributed by atoms with Crippen LogP contribution in [0.15, 0.2) is 24.3 Å². The zero-order chi connectivity index (χ0) is 11.4. The second-order valence-electron chi connectivity index (χ2n) is 2.30. The Kier molecular flexibility index (Phi) is 20.3. The molecule has 0 saturated carbocycles. The molecular formula is C10H16O4Zn. The fraction of sp³-hybridized carbons (Fsp3) is 0.400. The normalized spacial score (nSPS) is 9.20. The van der Waals surface area contributed by atoms with E-state index < -0.39 is 11.9 Å². The van der Waals surface area contributed by atoms with E-state index in [1.54, 1.807) is 12.2 Å². The molecule has 0 aromatic heterocycles. The van der Waals surface area contributed by atoms with E-state index in [0.717, 1.165) is 25.0 Å². The number of aliphatic carboxylic acids is 2. The van der Waals surface area contributed by atoms with Crippen LogP contribution in [0.5, 0.6) is 0 Å². The van der Waals surface area contributed by atoms with Crippen LogP contribution < -0.4 is 0 Å². The molecule has 82 valence electrons. The number of carbonyl (C=O) groups is 2. The molecule has 2 N–H and O–H groups in total. The van der Waals surface area contributed by atoms with Gasteiger partial charge in [0.15, 0.2) is 0 Å². The third kappa shape index (κ3) is 32.1. The zero-order valence-electron chi connectivity index (χ0n) is 9.14. The van der Waals surface area contributed by atoms with Gasteiger partial charge in [-0.1, -0.05) is 26.0 Å². The second-order valence-corrected chi connectivity index (χ2v) is 2.30. The van der Waals surface area contributed by atoms with Gasteiger partial charge >= 0.3 is 11.9 Å². The van der Waals surface area contributed by atoms with Crippen molar-refractivity contribution in [1.29, 1.82) is 0 Å². The van der Waals surface area contributed by atoms with Crippen molar-refractivity contribution in [1.82, 2.24) is 0 Å². The molecule has 0 atom stereocenters. The van der Waals surface area contributed by atoms with Gasteiger partial charge in [0.25, 0.3) is 0 Å². The van der Waals surface area contributed by atoms with Crippen molar-refractivity contribution in [2.75, 3.05) is 0 Å². The van der Waals surface area contributed by atoms with Crippen molar-refractivity contribution in [3.8, 4) is 0 Å². The monoisotopic (exact) mass is 264 g/mol. The summed E-state index contributed by atoms with van der Waals surface area (Å²) in [6, 6.07) is 0. The van der Waals surface area contributed by atoms with E-state index in [9.17, 15) is 9.59 Å². The van der Waals surface area contributed by atoms with Crippen molar-refractivity contribution >= 4 is 11.9 Å². The van der Waals surface area contributed by atoms with Gasteiger partial charge in [0, 0.05) is 31.6 Å². The van der Waals surface area contributed by atoms with E-state index in [2.05, 4.69) is 0 Å². The molecule has 0 aliphatic heterocycles. The van der Waals surface area contributed by atoms with Gasteiger partial charge < -0.3 is 10.2 Å². The van der Waals surface area contributed by atoms with Crippen LogP contribution in [0.3, 0.4) is 0 Å². The molecule has 0 spiro atoms. The molecule has 0 unspecified atom stereocenters. The van der Waals surface area contributed by atoms with Crippen LogP contribution in [0.4, 0.5) is 0 Å². The predicted octanol–water partition coefficient (Wildman–Crippen LogP) is 2.07. The molecular weight excluding hydrogens is 249 g/mol. The van der Waals surface area contributed by atoms with Crippen molar-refractivity contribution in [2.45, 2.75) is 26.7 Å². The van der Waals surface area contributed by atoms with Gasteiger partial charge in [0.2, 0.25) is 0 Å². The van der Waals surface area contributed by atoms with Gasteiger partial charge in [-0.05, 0) is 12.8 Å². The Morgan fingerprint density at radius 1 is 0.933 bits per heavy atom. The molecule has 0 bridgehead atoms. The molecule has 0 aliphatic carbocycles. The maximum Gasteiger partial charge on any atom is 0.327 e. The van der Waals surface area contributed by atoms with Crippen molar-refractivity contribution in [3.05, 3.63) is 24.3 Å². The molecule has 0 aromatic rings. The first-order valence-electron chi connectivity index (χ1n) is 4.33. The third-order valence-electron chi connectivity index (χ3n) is 0.992. The molecule has 0 saturated heterocycles. The minimum Gasteiger partial charge on any atom is -0.478 e. The topological polar surface area (TPSA) is 74.6 Å². The fourth-order valence-corrected chi connectivity index (χ4v) is 0.437. The summed E-state index contributed by atoms with van der Waals surface area (Å²) >= 11 is 0. The van der Waals surface area contributed by atoms with Crippen molar-refractivity contribution < 1.29 is 39.3 Å². The first kappa shape index (κ1) is 19.6. The van der Waals surface area contributed by atoms with Crippen LogP contribution in [-0.4, -0.2) is 22.2 Å². The first-order valence-corrected chi connectivity index (χ1v) is 4.33. The number of carboxylic acid groups (broad SMARTS) is 2. The predicted molar refractivity (Wildman–Crippen MR) is 54.1 cm³/mol. The molecule has 0 fully saturated rings. The van der Waals surface area contributed by atoms with E-state index in [-0.39, 0.29) is 19.5 Å². The molecule has 0 radical (unpaired) electrons. The molecule has 5 heteroatoms. The second kappa shape index (κ2) is 15.5. The molecule has 0 rings (SSSR count). The largest absolute Gasteiger partial charge is 0.478 e. The average molecular weight is 266 g/mol. The summed E-state index contributed by atoms with van der Waals surface area (Å²) in [4.78, 5) is 19.3. The van der Waals surface area contributed by atoms with Crippen LogP contribution in [0.2, 0.25) is 0 Å². The maximum absolute atomic E-state index is 9.67. The summed E-state index contributed by atoms with van der Waals surface area (Å²) in [5.41, 5.74) is 0. The average Bonchev–Trinajstić information content (AvgIpc) is 2.12. The van der Waals surface area contributed by atoms with Crippen LogP contribution in [-0.2, 0) is 29.1 Å². The summed E-state index contributed by atoms with van der Waals surface area (Å²) in [7, 11) is 0. The Morgan fingerprint density at radius 3 is 1.27 bits per heavy atom. The third-order valence-corrected chi connectivity index (χ3v) is 0.992. The minimum absolute atomic E-state index is 0. The quantitative estimate of drug-likeness (QED) is 0.603. The fourth-order valence-electron chi connectivity index (χ4n) is 0.437. The Labute approximate surface area is 102 Å². The smallest absolute Gasteiger partial charge is 0.327 e. The SMILES string of the molecule is CCC=CC(=O)O.CCC=CC(=O)O.[Zn]. The van der Waals surface area contributed by atoms with Crippen LogP contribution in [0, 0.1) is 0 Å². The van der Waals surface area contributed by atoms with E-state index in [1.165, 1.54) is 0 Å². The van der Waals surface area contributed by atoms with Gasteiger partial charge in [-0.3, -0.25) is 0 Å². The first-order chi connectivity index (χ1) is 6.54. The van der Waals surface area contributed by atoms with E-state index in [4.69, 9.17) is 10.2 Å². The van der Waals surface area contributed by atoms with Crippen LogP contribution >= 0.6 is 0 Å². The Balaban J connectivity index is -0.000000180. The minimum atomic E-state index is -0.873. The molecule has 0 amide bonds. The number of hydrogen-bond acceptors (Lipinski definition) is 2. The van der Waals surface area contributed by atoms with E-state index in [0.29, 0.717) is 0 Å². The number of carboxylic acids is 2. The Bertz CT molecular complexity index is 197. The standard InChI is InChI=1S/2C5H8O2.Zn/c2*1-2-3-4-5(6)7;/h2*3-4H,2H2,1H3,(H,6,7);. The Morgan fingerprint density at radius 2 is 1.20 bits per heavy atom.